The van der Waals surface area contributed by atoms with E-state index in [1.807, 2.05) is 6.92 Å². The predicted octanol–water partition coefficient (Wildman–Crippen LogP) is 0.885. The van der Waals surface area contributed by atoms with E-state index >= 15 is 0 Å². The van der Waals surface area contributed by atoms with E-state index in [4.69, 9.17) is 15.2 Å². The topological polar surface area (TPSA) is 90.6 Å². The van der Waals surface area contributed by atoms with Crippen LogP contribution in [0.5, 0.6) is 0 Å². The lowest BCUT2D eigenvalue weighted by Crippen LogP contribution is -2.38. The monoisotopic (exact) mass is 280 g/mol. The Balaban J connectivity index is 2.48. The molecule has 1 rings (SSSR count). The number of amides is 1. The lowest BCUT2D eigenvalue weighted by Gasteiger charge is -2.12. The summed E-state index contributed by atoms with van der Waals surface area (Å²) in [6.45, 7) is 3.69. The average Bonchev–Trinajstić information content (AvgIpc) is 2.35. The van der Waals surface area contributed by atoms with Crippen molar-refractivity contribution in [3.05, 3.63) is 29.3 Å². The molecule has 0 heterocycles. The zero-order chi connectivity index (χ0) is 15.1. The van der Waals surface area contributed by atoms with Crippen LogP contribution < -0.4 is 11.1 Å². The molecule has 0 radical (unpaired) electrons. The van der Waals surface area contributed by atoms with Gasteiger partial charge in [-0.2, -0.15) is 0 Å². The first kappa shape index (κ1) is 16.0. The molecule has 6 nitrogen and oxygen atoms in total. The lowest BCUT2D eigenvalue weighted by molar-refractivity contribution is -0.125. The smallest absolute Gasteiger partial charge is 0.338 e. The van der Waals surface area contributed by atoms with Crippen molar-refractivity contribution in [3.63, 3.8) is 0 Å². The number of hydrogen-bond acceptors (Lipinski definition) is 5. The summed E-state index contributed by atoms with van der Waals surface area (Å²) in [6.07, 6.45) is 0. The summed E-state index contributed by atoms with van der Waals surface area (Å²) in [4.78, 5) is 23.3. The number of anilines is 1. The highest BCUT2D eigenvalue weighted by molar-refractivity contribution is 5.92. The molecule has 6 heteroatoms. The van der Waals surface area contributed by atoms with Crippen LogP contribution in [0.3, 0.4) is 0 Å². The third-order valence-electron chi connectivity index (χ3n) is 2.49. The molecule has 0 saturated heterocycles. The van der Waals surface area contributed by atoms with Crippen molar-refractivity contribution in [2.45, 2.75) is 19.9 Å². The highest BCUT2D eigenvalue weighted by atomic mass is 16.5. The molecular weight excluding hydrogens is 260 g/mol. The van der Waals surface area contributed by atoms with Gasteiger partial charge in [-0.1, -0.05) is 0 Å². The second-order valence-corrected chi connectivity index (χ2v) is 4.63. The van der Waals surface area contributed by atoms with E-state index in [-0.39, 0.29) is 18.6 Å². The standard InChI is InChI=1S/C14H20N2O4/c1-9-4-11(6-12(15)5-9)14(18)20-8-13(17)16-10(2)7-19-3/h4-6,10H,7-8,15H2,1-3H3,(H,16,17). The van der Waals surface area contributed by atoms with Crippen molar-refractivity contribution >= 4 is 17.6 Å². The fourth-order valence-electron chi connectivity index (χ4n) is 1.75. The molecule has 1 atom stereocenters. The highest BCUT2D eigenvalue weighted by Crippen LogP contribution is 2.12. The Bertz CT molecular complexity index is 468. The van der Waals surface area contributed by atoms with E-state index in [1.165, 1.54) is 6.07 Å². The molecule has 0 saturated carbocycles. The summed E-state index contributed by atoms with van der Waals surface area (Å²) in [7, 11) is 1.55. The van der Waals surface area contributed by atoms with Crippen molar-refractivity contribution in [2.24, 2.45) is 0 Å². The largest absolute Gasteiger partial charge is 0.452 e. The van der Waals surface area contributed by atoms with Gasteiger partial charge in [-0.25, -0.2) is 4.79 Å². The molecule has 1 unspecified atom stereocenters. The fraction of sp³-hybridized carbons (Fsp3) is 0.429. The zero-order valence-electron chi connectivity index (χ0n) is 11.9. The maximum Gasteiger partial charge on any atom is 0.338 e. The second-order valence-electron chi connectivity index (χ2n) is 4.63. The van der Waals surface area contributed by atoms with Crippen molar-refractivity contribution in [3.8, 4) is 0 Å². The number of benzene rings is 1. The van der Waals surface area contributed by atoms with Gasteiger partial charge in [0.05, 0.1) is 12.2 Å². The minimum absolute atomic E-state index is 0.138. The van der Waals surface area contributed by atoms with Gasteiger partial charge in [0, 0.05) is 18.8 Å². The average molecular weight is 280 g/mol. The Labute approximate surface area is 118 Å². The molecule has 0 aliphatic heterocycles. The van der Waals surface area contributed by atoms with E-state index in [0.717, 1.165) is 5.56 Å². The first-order valence-electron chi connectivity index (χ1n) is 6.25. The summed E-state index contributed by atoms with van der Waals surface area (Å²) < 4.78 is 9.82. The van der Waals surface area contributed by atoms with E-state index in [1.54, 1.807) is 26.2 Å². The molecule has 0 aromatic heterocycles. The second kappa shape index (κ2) is 7.49. The van der Waals surface area contributed by atoms with Crippen molar-refractivity contribution in [1.82, 2.24) is 5.32 Å². The SMILES string of the molecule is COCC(C)NC(=O)COC(=O)c1cc(C)cc(N)c1. The van der Waals surface area contributed by atoms with Crippen LogP contribution in [0.2, 0.25) is 0 Å². The third kappa shape index (κ3) is 5.27. The first-order chi connectivity index (χ1) is 9.42. The van der Waals surface area contributed by atoms with Gasteiger partial charge in [-0.15, -0.1) is 0 Å². The summed E-state index contributed by atoms with van der Waals surface area (Å²) in [5.74, 6) is -0.946. The van der Waals surface area contributed by atoms with Gasteiger partial charge in [-0.3, -0.25) is 4.79 Å². The maximum absolute atomic E-state index is 11.8. The molecule has 0 aliphatic rings. The van der Waals surface area contributed by atoms with Crippen LogP contribution in [0.1, 0.15) is 22.8 Å². The van der Waals surface area contributed by atoms with Gasteiger partial charge in [0.15, 0.2) is 6.61 Å². The molecule has 0 fully saturated rings. The molecule has 1 aromatic rings. The van der Waals surface area contributed by atoms with Crippen LogP contribution in [-0.2, 0) is 14.3 Å². The Kier molecular flexibility index (Phi) is 5.99. The fourth-order valence-corrected chi connectivity index (χ4v) is 1.75. The Hall–Kier alpha value is -2.08. The number of rotatable bonds is 6. The number of esters is 1. The molecule has 3 N–H and O–H groups in total. The number of nitrogen functional groups attached to an aromatic ring is 1. The minimum Gasteiger partial charge on any atom is -0.452 e. The number of hydrogen-bond donors (Lipinski definition) is 2. The third-order valence-corrected chi connectivity index (χ3v) is 2.49. The van der Waals surface area contributed by atoms with Crippen LogP contribution in [0.4, 0.5) is 5.69 Å². The van der Waals surface area contributed by atoms with E-state index in [9.17, 15) is 9.59 Å². The molecule has 20 heavy (non-hydrogen) atoms. The van der Waals surface area contributed by atoms with Crippen LogP contribution in [0, 0.1) is 6.92 Å². The van der Waals surface area contributed by atoms with Crippen molar-refractivity contribution in [2.75, 3.05) is 26.1 Å². The Morgan fingerprint density at radius 3 is 2.65 bits per heavy atom. The van der Waals surface area contributed by atoms with Crippen LogP contribution in [0.25, 0.3) is 0 Å². The molecule has 0 bridgehead atoms. The zero-order valence-corrected chi connectivity index (χ0v) is 11.9. The molecule has 0 spiro atoms. The summed E-state index contributed by atoms with van der Waals surface area (Å²) >= 11 is 0. The number of carbonyl (C=O) groups excluding carboxylic acids is 2. The molecule has 110 valence electrons. The van der Waals surface area contributed by atoms with Crippen molar-refractivity contribution in [1.29, 1.82) is 0 Å². The predicted molar refractivity (Wildman–Crippen MR) is 75.4 cm³/mol. The number of nitrogens with one attached hydrogen (secondary N) is 1. The first-order valence-corrected chi connectivity index (χ1v) is 6.25. The maximum atomic E-state index is 11.8. The normalized spacial score (nSPS) is 11.8. The van der Waals surface area contributed by atoms with E-state index in [0.29, 0.717) is 17.9 Å². The molecule has 0 aliphatic carbocycles. The molecular formula is C14H20N2O4. The quantitative estimate of drug-likeness (QED) is 0.596. The van der Waals surface area contributed by atoms with Gasteiger partial charge in [0.25, 0.3) is 5.91 Å². The Morgan fingerprint density at radius 1 is 1.35 bits per heavy atom. The van der Waals surface area contributed by atoms with E-state index < -0.39 is 5.97 Å². The highest BCUT2D eigenvalue weighted by Gasteiger charge is 2.12. The van der Waals surface area contributed by atoms with Gasteiger partial charge in [0.2, 0.25) is 0 Å². The van der Waals surface area contributed by atoms with Crippen LogP contribution >= 0.6 is 0 Å². The number of ether oxygens (including phenoxy) is 2. The van der Waals surface area contributed by atoms with Crippen LogP contribution in [0.15, 0.2) is 18.2 Å². The van der Waals surface area contributed by atoms with Gasteiger partial charge < -0.3 is 20.5 Å². The van der Waals surface area contributed by atoms with Crippen molar-refractivity contribution < 1.29 is 19.1 Å². The lowest BCUT2D eigenvalue weighted by atomic mass is 10.1. The molecule has 1 amide bonds. The summed E-state index contributed by atoms with van der Waals surface area (Å²) in [6, 6.07) is 4.78. The number of carbonyl (C=O) groups is 2. The summed E-state index contributed by atoms with van der Waals surface area (Å²) in [5.41, 5.74) is 7.32. The van der Waals surface area contributed by atoms with Gasteiger partial charge in [0.1, 0.15) is 0 Å². The summed E-state index contributed by atoms with van der Waals surface area (Å²) in [5, 5.41) is 2.64. The Morgan fingerprint density at radius 2 is 2.05 bits per heavy atom. The van der Waals surface area contributed by atoms with Gasteiger partial charge in [-0.05, 0) is 37.6 Å². The number of aryl methyl sites for hydroxylation is 1. The van der Waals surface area contributed by atoms with Crippen LogP contribution in [-0.4, -0.2) is 38.2 Å². The number of nitrogens with two attached hydrogens (primary N) is 1. The molecule has 1 aromatic carbocycles. The van der Waals surface area contributed by atoms with E-state index in [2.05, 4.69) is 5.32 Å². The van der Waals surface area contributed by atoms with Gasteiger partial charge >= 0.3 is 5.97 Å². The minimum atomic E-state index is -0.574. The number of methoxy groups -OCH3 is 1.